The molecule has 1 unspecified atom stereocenters. The number of aliphatic imine (C=N–C) groups is 1. The Morgan fingerprint density at radius 3 is 2.68 bits per heavy atom. The summed E-state index contributed by atoms with van der Waals surface area (Å²) in [4.78, 5) is 4.65. The van der Waals surface area contributed by atoms with E-state index in [2.05, 4.69) is 61.4 Å². The first-order chi connectivity index (χ1) is 9.05. The van der Waals surface area contributed by atoms with Crippen LogP contribution in [0, 0.1) is 5.41 Å². The maximum absolute atomic E-state index is 4.65. The van der Waals surface area contributed by atoms with E-state index in [1.165, 1.54) is 5.56 Å². The van der Waals surface area contributed by atoms with Crippen LogP contribution in [0.3, 0.4) is 0 Å². The first-order valence-corrected chi connectivity index (χ1v) is 8.01. The van der Waals surface area contributed by atoms with Crippen molar-refractivity contribution in [3.05, 3.63) is 35.9 Å². The Hall–Kier alpha value is -0.960. The van der Waals surface area contributed by atoms with Gasteiger partial charge in [0.25, 0.3) is 0 Å². The van der Waals surface area contributed by atoms with Gasteiger partial charge in [-0.2, -0.15) is 0 Å². The summed E-state index contributed by atoms with van der Waals surface area (Å²) in [5.74, 6) is 1.16. The Morgan fingerprint density at radius 1 is 1.32 bits per heavy atom. The van der Waals surface area contributed by atoms with E-state index < -0.39 is 0 Å². The lowest BCUT2D eigenvalue weighted by Gasteiger charge is -2.28. The Morgan fingerprint density at radius 2 is 2.05 bits per heavy atom. The minimum Gasteiger partial charge on any atom is -0.362 e. The van der Waals surface area contributed by atoms with Crippen molar-refractivity contribution in [2.75, 3.05) is 12.3 Å². The van der Waals surface area contributed by atoms with Gasteiger partial charge in [0.1, 0.15) is 0 Å². The highest BCUT2D eigenvalue weighted by Crippen LogP contribution is 2.27. The molecular formula is C16H24N2S. The van der Waals surface area contributed by atoms with Crippen molar-refractivity contribution in [2.24, 2.45) is 10.4 Å². The largest absolute Gasteiger partial charge is 0.362 e. The molecule has 0 fully saturated rings. The van der Waals surface area contributed by atoms with Gasteiger partial charge in [0.2, 0.25) is 0 Å². The van der Waals surface area contributed by atoms with Gasteiger partial charge in [-0.05, 0) is 30.7 Å². The van der Waals surface area contributed by atoms with E-state index in [9.17, 15) is 0 Å². The molecule has 2 rings (SSSR count). The number of hydrogen-bond acceptors (Lipinski definition) is 3. The van der Waals surface area contributed by atoms with Crippen LogP contribution in [0.4, 0.5) is 0 Å². The zero-order chi connectivity index (χ0) is 13.7. The molecule has 1 N–H and O–H groups in total. The van der Waals surface area contributed by atoms with Crippen LogP contribution in [0.5, 0.6) is 0 Å². The van der Waals surface area contributed by atoms with E-state index >= 15 is 0 Å². The van der Waals surface area contributed by atoms with Crippen LogP contribution in [0.25, 0.3) is 0 Å². The normalized spacial score (nSPS) is 19.6. The Kier molecular flexibility index (Phi) is 4.92. The fraction of sp³-hybridized carbons (Fsp3) is 0.562. The molecule has 1 aromatic carbocycles. The summed E-state index contributed by atoms with van der Waals surface area (Å²) < 4.78 is 0. The molecule has 0 radical (unpaired) electrons. The second-order valence-electron chi connectivity index (χ2n) is 6.14. The van der Waals surface area contributed by atoms with E-state index in [-0.39, 0.29) is 0 Å². The molecule has 2 nitrogen and oxygen atoms in total. The lowest BCUT2D eigenvalue weighted by atomic mass is 9.97. The number of hydrogen-bond donors (Lipinski definition) is 1. The number of amidine groups is 1. The lowest BCUT2D eigenvalue weighted by molar-refractivity contribution is 0.435. The first-order valence-electron chi connectivity index (χ1n) is 7.03. The van der Waals surface area contributed by atoms with E-state index in [1.54, 1.807) is 0 Å². The Balaban J connectivity index is 1.76. The molecule has 1 aliphatic heterocycles. The van der Waals surface area contributed by atoms with Crippen LogP contribution in [0.15, 0.2) is 35.3 Å². The van der Waals surface area contributed by atoms with Crippen molar-refractivity contribution < 1.29 is 0 Å². The highest BCUT2D eigenvalue weighted by Gasteiger charge is 2.23. The van der Waals surface area contributed by atoms with Gasteiger partial charge in [-0.3, -0.25) is 4.99 Å². The van der Waals surface area contributed by atoms with Crippen LogP contribution in [-0.2, 0) is 6.42 Å². The summed E-state index contributed by atoms with van der Waals surface area (Å²) in [5.41, 5.74) is 1.76. The van der Waals surface area contributed by atoms with Gasteiger partial charge in [-0.1, -0.05) is 55.9 Å². The van der Waals surface area contributed by atoms with Crippen LogP contribution < -0.4 is 5.32 Å². The third-order valence-corrected chi connectivity index (χ3v) is 4.78. The molecule has 0 aromatic heterocycles. The summed E-state index contributed by atoms with van der Waals surface area (Å²) in [6.45, 7) is 7.73. The molecule has 1 aromatic rings. The molecule has 0 amide bonds. The first kappa shape index (κ1) is 14.4. The summed E-state index contributed by atoms with van der Waals surface area (Å²) in [5, 5.41) is 4.66. The van der Waals surface area contributed by atoms with Gasteiger partial charge in [0, 0.05) is 18.3 Å². The fourth-order valence-corrected chi connectivity index (χ4v) is 3.10. The van der Waals surface area contributed by atoms with Crippen LogP contribution >= 0.6 is 11.8 Å². The van der Waals surface area contributed by atoms with Gasteiger partial charge < -0.3 is 5.32 Å². The summed E-state index contributed by atoms with van der Waals surface area (Å²) in [7, 11) is 0. The van der Waals surface area contributed by atoms with Crippen LogP contribution in [0.2, 0.25) is 0 Å². The molecule has 1 heterocycles. The van der Waals surface area contributed by atoms with Crippen molar-refractivity contribution in [3.8, 4) is 0 Å². The zero-order valence-electron chi connectivity index (χ0n) is 12.1. The average molecular weight is 276 g/mol. The topological polar surface area (TPSA) is 24.4 Å². The summed E-state index contributed by atoms with van der Waals surface area (Å²) in [6.07, 6.45) is 2.27. The highest BCUT2D eigenvalue weighted by molar-refractivity contribution is 8.13. The molecule has 1 atom stereocenters. The molecule has 0 spiro atoms. The molecule has 0 saturated heterocycles. The van der Waals surface area contributed by atoms with Crippen molar-refractivity contribution in [2.45, 2.75) is 39.7 Å². The van der Waals surface area contributed by atoms with E-state index in [0.29, 0.717) is 11.5 Å². The molecule has 3 heteroatoms. The number of nitrogens with one attached hydrogen (secondary N) is 1. The second kappa shape index (κ2) is 6.47. The molecule has 0 bridgehead atoms. The Bertz CT molecular complexity index is 426. The highest BCUT2D eigenvalue weighted by atomic mass is 32.2. The predicted octanol–water partition coefficient (Wildman–Crippen LogP) is 3.73. The van der Waals surface area contributed by atoms with Crippen molar-refractivity contribution in [3.63, 3.8) is 0 Å². The predicted molar refractivity (Wildman–Crippen MR) is 85.9 cm³/mol. The molecular weight excluding hydrogens is 252 g/mol. The summed E-state index contributed by atoms with van der Waals surface area (Å²) >= 11 is 1.86. The van der Waals surface area contributed by atoms with Gasteiger partial charge in [-0.15, -0.1) is 0 Å². The monoisotopic (exact) mass is 276 g/mol. The van der Waals surface area contributed by atoms with Crippen molar-refractivity contribution in [1.82, 2.24) is 5.32 Å². The maximum Gasteiger partial charge on any atom is 0.156 e. The van der Waals surface area contributed by atoms with Crippen LogP contribution in [-0.4, -0.2) is 23.5 Å². The maximum atomic E-state index is 4.65. The smallest absolute Gasteiger partial charge is 0.156 e. The number of rotatable bonds is 4. The van der Waals surface area contributed by atoms with E-state index in [4.69, 9.17) is 0 Å². The van der Waals surface area contributed by atoms with E-state index in [0.717, 1.165) is 30.3 Å². The van der Waals surface area contributed by atoms with Gasteiger partial charge >= 0.3 is 0 Å². The van der Waals surface area contributed by atoms with E-state index in [1.807, 2.05) is 11.8 Å². The number of thioether (sulfide) groups is 1. The minimum atomic E-state index is 0.350. The minimum absolute atomic E-state index is 0.350. The van der Waals surface area contributed by atoms with Crippen LogP contribution in [0.1, 0.15) is 32.8 Å². The standard InChI is InChI=1S/C16H24N2S/c1-13(9-10-14-7-5-4-6-8-14)18-15-17-11-16(2,3)12-19-15/h4-8,13H,9-12H2,1-3H3,(H,17,18). The SMILES string of the molecule is CC(CCc1ccccc1)NC1=NCC(C)(C)CS1. The van der Waals surface area contributed by atoms with Gasteiger partial charge in [0.15, 0.2) is 5.17 Å². The molecule has 19 heavy (non-hydrogen) atoms. The number of aryl methyl sites for hydroxylation is 1. The fourth-order valence-electron chi connectivity index (χ4n) is 2.04. The number of nitrogens with zero attached hydrogens (tertiary/aromatic N) is 1. The number of benzene rings is 1. The lowest BCUT2D eigenvalue weighted by Crippen LogP contribution is -2.36. The van der Waals surface area contributed by atoms with Gasteiger partial charge in [-0.25, -0.2) is 0 Å². The van der Waals surface area contributed by atoms with Crippen molar-refractivity contribution >= 4 is 16.9 Å². The second-order valence-corrected chi connectivity index (χ2v) is 7.11. The average Bonchev–Trinajstić information content (AvgIpc) is 2.40. The van der Waals surface area contributed by atoms with Crippen molar-refractivity contribution in [1.29, 1.82) is 0 Å². The quantitative estimate of drug-likeness (QED) is 0.906. The van der Waals surface area contributed by atoms with Gasteiger partial charge in [0.05, 0.1) is 0 Å². The molecule has 0 saturated carbocycles. The zero-order valence-corrected chi connectivity index (χ0v) is 13.0. The third kappa shape index (κ3) is 4.90. The molecule has 104 valence electrons. The third-order valence-electron chi connectivity index (χ3n) is 3.33. The Labute approximate surface area is 121 Å². The molecule has 1 aliphatic rings. The molecule has 0 aliphatic carbocycles. The summed E-state index contributed by atoms with van der Waals surface area (Å²) in [6, 6.07) is 11.2.